The summed E-state index contributed by atoms with van der Waals surface area (Å²) in [5.74, 6) is -0.130. The number of carbonyl (C=O) groups is 1. The van der Waals surface area contributed by atoms with E-state index in [1.807, 2.05) is 13.0 Å². The molecular weight excluding hydrogens is 386 g/mol. The van der Waals surface area contributed by atoms with Crippen molar-refractivity contribution in [1.29, 1.82) is 0 Å². The highest BCUT2D eigenvalue weighted by Crippen LogP contribution is 2.22. The number of benzene rings is 2. The molecule has 27 heavy (non-hydrogen) atoms. The molecule has 2 N–H and O–H groups in total. The van der Waals surface area contributed by atoms with Crippen LogP contribution >= 0.6 is 11.6 Å². The Morgan fingerprint density at radius 2 is 1.81 bits per heavy atom. The molecule has 0 atom stereocenters. The number of halogens is 1. The number of carbonyl (C=O) groups excluding carboxylic acids is 1. The Morgan fingerprint density at radius 3 is 2.44 bits per heavy atom. The first kappa shape index (κ1) is 19.8. The van der Waals surface area contributed by atoms with Crippen molar-refractivity contribution in [1.82, 2.24) is 4.31 Å². The molecule has 0 unspecified atom stereocenters. The Bertz CT molecular complexity index is 911. The van der Waals surface area contributed by atoms with Crippen molar-refractivity contribution in [2.24, 2.45) is 0 Å². The van der Waals surface area contributed by atoms with Crippen LogP contribution in [0.4, 0.5) is 5.69 Å². The number of nitrogens with one attached hydrogen (secondary N) is 2. The zero-order chi connectivity index (χ0) is 19.4. The molecule has 6 nitrogen and oxygen atoms in total. The van der Waals surface area contributed by atoms with Gasteiger partial charge in [-0.05, 0) is 36.8 Å². The van der Waals surface area contributed by atoms with Crippen molar-refractivity contribution in [3.05, 3.63) is 59.1 Å². The minimum atomic E-state index is -3.47. The van der Waals surface area contributed by atoms with Crippen LogP contribution in [-0.4, -0.2) is 51.4 Å². The Hall–Kier alpha value is -1.93. The third kappa shape index (κ3) is 4.87. The highest BCUT2D eigenvalue weighted by Gasteiger charge is 2.31. The predicted molar refractivity (Wildman–Crippen MR) is 106 cm³/mol. The largest absolute Gasteiger partial charge is 0.325 e. The molecule has 0 radical (unpaired) electrons. The number of aryl methyl sites for hydroxylation is 1. The minimum absolute atomic E-state index is 0.130. The number of quaternary nitrogens is 1. The normalized spacial score (nSPS) is 16.2. The first-order valence-electron chi connectivity index (χ1n) is 8.81. The van der Waals surface area contributed by atoms with Gasteiger partial charge in [-0.2, -0.15) is 4.31 Å². The van der Waals surface area contributed by atoms with E-state index in [1.54, 1.807) is 42.5 Å². The zero-order valence-electron chi connectivity index (χ0n) is 15.1. The maximum Gasteiger partial charge on any atom is 0.279 e. The van der Waals surface area contributed by atoms with Crippen LogP contribution in [0.5, 0.6) is 0 Å². The first-order chi connectivity index (χ1) is 12.9. The van der Waals surface area contributed by atoms with Gasteiger partial charge < -0.3 is 10.2 Å². The third-order valence-electron chi connectivity index (χ3n) is 4.62. The average molecular weight is 409 g/mol. The molecule has 1 aliphatic heterocycles. The summed E-state index contributed by atoms with van der Waals surface area (Å²) in [7, 11) is -3.47. The Kier molecular flexibility index (Phi) is 6.16. The maximum atomic E-state index is 12.6. The average Bonchev–Trinajstić information content (AvgIpc) is 2.65. The quantitative estimate of drug-likeness (QED) is 0.780. The summed E-state index contributed by atoms with van der Waals surface area (Å²) in [6, 6.07) is 13.9. The van der Waals surface area contributed by atoms with Gasteiger partial charge in [0, 0.05) is 0 Å². The number of sulfonamides is 1. The van der Waals surface area contributed by atoms with E-state index >= 15 is 0 Å². The van der Waals surface area contributed by atoms with Crippen molar-refractivity contribution in [3.8, 4) is 0 Å². The number of anilines is 1. The van der Waals surface area contributed by atoms with Crippen LogP contribution in [0.25, 0.3) is 0 Å². The summed E-state index contributed by atoms with van der Waals surface area (Å²) >= 11 is 6.15. The molecule has 0 saturated carbocycles. The lowest BCUT2D eigenvalue weighted by Gasteiger charge is -2.31. The SMILES string of the molecule is Cc1ccc(NC(=O)C[NH+]2CCN(S(=O)(=O)c3ccccc3)CC2)c(Cl)c1. The summed E-state index contributed by atoms with van der Waals surface area (Å²) < 4.78 is 26.8. The first-order valence-corrected chi connectivity index (χ1v) is 10.6. The molecule has 1 saturated heterocycles. The lowest BCUT2D eigenvalue weighted by molar-refractivity contribution is -0.895. The second-order valence-corrected chi connectivity index (χ2v) is 9.02. The van der Waals surface area contributed by atoms with E-state index in [0.29, 0.717) is 41.8 Å². The lowest BCUT2D eigenvalue weighted by atomic mass is 10.2. The van der Waals surface area contributed by atoms with E-state index in [0.717, 1.165) is 10.5 Å². The van der Waals surface area contributed by atoms with Crippen LogP contribution < -0.4 is 10.2 Å². The molecule has 3 rings (SSSR count). The van der Waals surface area contributed by atoms with Crippen molar-refractivity contribution in [2.75, 3.05) is 38.0 Å². The van der Waals surface area contributed by atoms with E-state index in [1.165, 1.54) is 4.31 Å². The lowest BCUT2D eigenvalue weighted by Crippen LogP contribution is -3.15. The van der Waals surface area contributed by atoms with Crippen molar-refractivity contribution < 1.29 is 18.1 Å². The highest BCUT2D eigenvalue weighted by atomic mass is 35.5. The molecule has 8 heteroatoms. The fraction of sp³-hybridized carbons (Fsp3) is 0.316. The van der Waals surface area contributed by atoms with Crippen LogP contribution in [0.2, 0.25) is 5.02 Å². The molecule has 0 bridgehead atoms. The van der Waals surface area contributed by atoms with Crippen LogP contribution in [0.3, 0.4) is 0 Å². The van der Waals surface area contributed by atoms with Gasteiger partial charge in [-0.1, -0.05) is 35.9 Å². The van der Waals surface area contributed by atoms with Gasteiger partial charge in [-0.15, -0.1) is 0 Å². The summed E-state index contributed by atoms with van der Waals surface area (Å²) in [5, 5.41) is 3.34. The number of amides is 1. The van der Waals surface area contributed by atoms with E-state index < -0.39 is 10.0 Å². The zero-order valence-corrected chi connectivity index (χ0v) is 16.7. The van der Waals surface area contributed by atoms with E-state index in [-0.39, 0.29) is 12.5 Å². The van der Waals surface area contributed by atoms with Gasteiger partial charge in [0.1, 0.15) is 0 Å². The molecule has 144 valence electrons. The number of rotatable bonds is 5. The van der Waals surface area contributed by atoms with Gasteiger partial charge in [0.05, 0.1) is 41.8 Å². The fourth-order valence-corrected chi connectivity index (χ4v) is 4.85. The molecule has 1 aliphatic rings. The molecule has 1 amide bonds. The van der Waals surface area contributed by atoms with Crippen LogP contribution in [0.15, 0.2) is 53.4 Å². The van der Waals surface area contributed by atoms with Crippen LogP contribution in [-0.2, 0) is 14.8 Å². The Balaban J connectivity index is 1.54. The molecule has 1 fully saturated rings. The maximum absolute atomic E-state index is 12.6. The van der Waals surface area contributed by atoms with E-state index in [4.69, 9.17) is 11.6 Å². The minimum Gasteiger partial charge on any atom is -0.325 e. The third-order valence-corrected chi connectivity index (χ3v) is 6.85. The summed E-state index contributed by atoms with van der Waals surface area (Å²) in [6.07, 6.45) is 0. The van der Waals surface area contributed by atoms with Gasteiger partial charge in [0.2, 0.25) is 10.0 Å². The second kappa shape index (κ2) is 8.39. The smallest absolute Gasteiger partial charge is 0.279 e. The Labute approximate surface area is 164 Å². The summed E-state index contributed by atoms with van der Waals surface area (Å²) in [6.45, 7) is 4.17. The van der Waals surface area contributed by atoms with Gasteiger partial charge in [-0.3, -0.25) is 4.79 Å². The molecule has 0 aliphatic carbocycles. The molecule has 0 spiro atoms. The van der Waals surface area contributed by atoms with Gasteiger partial charge in [0.15, 0.2) is 6.54 Å². The van der Waals surface area contributed by atoms with Gasteiger partial charge >= 0.3 is 0 Å². The van der Waals surface area contributed by atoms with Crippen LogP contribution in [0.1, 0.15) is 5.56 Å². The van der Waals surface area contributed by atoms with Gasteiger partial charge in [0.25, 0.3) is 5.91 Å². The Morgan fingerprint density at radius 1 is 1.15 bits per heavy atom. The molecule has 2 aromatic carbocycles. The number of piperazine rings is 1. The van der Waals surface area contributed by atoms with Gasteiger partial charge in [-0.25, -0.2) is 8.42 Å². The predicted octanol–water partition coefficient (Wildman–Crippen LogP) is 1.18. The van der Waals surface area contributed by atoms with E-state index in [9.17, 15) is 13.2 Å². The van der Waals surface area contributed by atoms with E-state index in [2.05, 4.69) is 5.32 Å². The number of hydrogen-bond donors (Lipinski definition) is 2. The van der Waals surface area contributed by atoms with Crippen LogP contribution in [0, 0.1) is 6.92 Å². The summed E-state index contributed by atoms with van der Waals surface area (Å²) in [4.78, 5) is 13.7. The number of hydrogen-bond acceptors (Lipinski definition) is 3. The van der Waals surface area contributed by atoms with Crippen molar-refractivity contribution in [2.45, 2.75) is 11.8 Å². The molecule has 0 aromatic heterocycles. The molecular formula is C19H23ClN3O3S+. The molecule has 1 heterocycles. The van der Waals surface area contributed by atoms with Crippen molar-refractivity contribution >= 4 is 33.2 Å². The summed E-state index contributed by atoms with van der Waals surface area (Å²) in [5.41, 5.74) is 1.62. The highest BCUT2D eigenvalue weighted by molar-refractivity contribution is 7.89. The van der Waals surface area contributed by atoms with Crippen molar-refractivity contribution in [3.63, 3.8) is 0 Å². The topological polar surface area (TPSA) is 70.9 Å². The fourth-order valence-electron chi connectivity index (χ4n) is 3.10. The number of nitrogens with zero attached hydrogens (tertiary/aromatic N) is 1. The molecule has 2 aromatic rings. The monoisotopic (exact) mass is 408 g/mol. The second-order valence-electron chi connectivity index (χ2n) is 6.68. The standard InChI is InChI=1S/C19H22ClN3O3S/c1-15-7-8-18(17(20)13-15)21-19(24)14-22-9-11-23(12-10-22)27(25,26)16-5-3-2-4-6-16/h2-8,13H,9-12,14H2,1H3,(H,21,24)/p+1.